The van der Waals surface area contributed by atoms with E-state index >= 15 is 0 Å². The molecule has 0 saturated heterocycles. The summed E-state index contributed by atoms with van der Waals surface area (Å²) in [6.07, 6.45) is 12.3. The van der Waals surface area contributed by atoms with Gasteiger partial charge in [0.25, 0.3) is 0 Å². The highest BCUT2D eigenvalue weighted by molar-refractivity contribution is 6.67. The normalized spacial score (nSPS) is 25.8. The van der Waals surface area contributed by atoms with Gasteiger partial charge in [-0.3, -0.25) is 0 Å². The van der Waals surface area contributed by atoms with E-state index < -0.39 is 8.56 Å². The van der Waals surface area contributed by atoms with Crippen LogP contribution in [0.25, 0.3) is 0 Å². The summed E-state index contributed by atoms with van der Waals surface area (Å²) in [6, 6.07) is 0. The zero-order chi connectivity index (χ0) is 14.6. The highest BCUT2D eigenvalue weighted by atomic mass is 28.4. The maximum atomic E-state index is 6.78. The van der Waals surface area contributed by atoms with Crippen LogP contribution in [0.5, 0.6) is 0 Å². The van der Waals surface area contributed by atoms with Crippen molar-refractivity contribution in [3.63, 3.8) is 0 Å². The first-order valence-corrected chi connectivity index (χ1v) is 11.2. The molecule has 3 heteroatoms. The van der Waals surface area contributed by atoms with Crippen LogP contribution < -0.4 is 0 Å². The average Bonchev–Trinajstić information content (AvgIpc) is 2.53. The Bertz CT molecular complexity index is 293. The van der Waals surface area contributed by atoms with Gasteiger partial charge < -0.3 is 8.85 Å². The second kappa shape index (κ2) is 6.93. The van der Waals surface area contributed by atoms with E-state index in [0.717, 1.165) is 12.5 Å². The van der Waals surface area contributed by atoms with Crippen molar-refractivity contribution in [2.24, 2.45) is 5.92 Å². The molecule has 0 aromatic carbocycles. The Morgan fingerprint density at radius 2 is 1.55 bits per heavy atom. The van der Waals surface area contributed by atoms with Gasteiger partial charge in [0.1, 0.15) is 0 Å². The lowest BCUT2D eigenvalue weighted by Gasteiger charge is -2.47. The van der Waals surface area contributed by atoms with Crippen molar-refractivity contribution >= 4 is 8.56 Å². The van der Waals surface area contributed by atoms with E-state index in [9.17, 15) is 0 Å². The zero-order valence-corrected chi connectivity index (χ0v) is 15.0. The van der Waals surface area contributed by atoms with Crippen molar-refractivity contribution in [2.45, 2.75) is 96.2 Å². The van der Waals surface area contributed by atoms with Crippen molar-refractivity contribution in [1.82, 2.24) is 0 Å². The number of hydrogen-bond donors (Lipinski definition) is 0. The van der Waals surface area contributed by atoms with Crippen molar-refractivity contribution in [1.29, 1.82) is 0 Å². The lowest BCUT2D eigenvalue weighted by molar-refractivity contribution is -0.0295. The van der Waals surface area contributed by atoms with E-state index in [4.69, 9.17) is 8.85 Å². The molecule has 0 radical (unpaired) electrons. The standard InChI is InChI=1S/C17H34O2Si/c1-5-18-20(4,16-13-8-6-7-9-14-16)19-17(2,3)15-11-10-12-15/h15-16H,5-14H2,1-4H3. The Morgan fingerprint density at radius 3 is 2.00 bits per heavy atom. The summed E-state index contributed by atoms with van der Waals surface area (Å²) in [6.45, 7) is 9.88. The van der Waals surface area contributed by atoms with Crippen molar-refractivity contribution in [3.05, 3.63) is 0 Å². The van der Waals surface area contributed by atoms with Gasteiger partial charge in [0.15, 0.2) is 0 Å². The molecule has 0 amide bonds. The molecule has 2 aliphatic rings. The van der Waals surface area contributed by atoms with E-state index in [1.54, 1.807) is 0 Å². The fraction of sp³-hybridized carbons (Fsp3) is 1.00. The third-order valence-corrected chi connectivity index (χ3v) is 9.44. The van der Waals surface area contributed by atoms with Crippen LogP contribution >= 0.6 is 0 Å². The molecule has 2 fully saturated rings. The first kappa shape index (κ1) is 16.5. The molecule has 2 saturated carbocycles. The Balaban J connectivity index is 2.06. The van der Waals surface area contributed by atoms with Crippen LogP contribution in [0.2, 0.25) is 12.1 Å². The predicted octanol–water partition coefficient (Wildman–Crippen LogP) is 5.41. The van der Waals surface area contributed by atoms with Crippen LogP contribution in [0.1, 0.15) is 78.6 Å². The third kappa shape index (κ3) is 3.86. The van der Waals surface area contributed by atoms with E-state index in [1.807, 2.05) is 0 Å². The van der Waals surface area contributed by atoms with Gasteiger partial charge in [0.2, 0.25) is 0 Å². The van der Waals surface area contributed by atoms with E-state index in [-0.39, 0.29) is 5.60 Å². The molecule has 0 aromatic rings. The summed E-state index contributed by atoms with van der Waals surface area (Å²) in [5.41, 5.74) is 0.713. The molecule has 118 valence electrons. The lowest BCUT2D eigenvalue weighted by atomic mass is 9.75. The van der Waals surface area contributed by atoms with Gasteiger partial charge in [-0.25, -0.2) is 0 Å². The van der Waals surface area contributed by atoms with Crippen LogP contribution in [-0.4, -0.2) is 20.8 Å². The minimum Gasteiger partial charge on any atom is -0.394 e. The molecule has 0 heterocycles. The monoisotopic (exact) mass is 298 g/mol. The summed E-state index contributed by atoms with van der Waals surface area (Å²) in [4.78, 5) is 0. The summed E-state index contributed by atoms with van der Waals surface area (Å²) >= 11 is 0. The molecule has 1 atom stereocenters. The van der Waals surface area contributed by atoms with Crippen LogP contribution in [-0.2, 0) is 8.85 Å². The van der Waals surface area contributed by atoms with Gasteiger partial charge in [0.05, 0.1) is 5.60 Å². The van der Waals surface area contributed by atoms with E-state index in [2.05, 4.69) is 27.3 Å². The fourth-order valence-electron chi connectivity index (χ4n) is 4.03. The zero-order valence-electron chi connectivity index (χ0n) is 14.0. The quantitative estimate of drug-likeness (QED) is 0.482. The minimum atomic E-state index is -2.06. The van der Waals surface area contributed by atoms with Gasteiger partial charge in [-0.2, -0.15) is 0 Å². The van der Waals surface area contributed by atoms with Crippen LogP contribution in [0.4, 0.5) is 0 Å². The molecule has 2 nitrogen and oxygen atoms in total. The Kier molecular flexibility index (Phi) is 5.72. The summed E-state index contributed by atoms with van der Waals surface area (Å²) in [5, 5.41) is 0. The second-order valence-corrected chi connectivity index (χ2v) is 10.8. The molecule has 0 N–H and O–H groups in total. The first-order valence-electron chi connectivity index (χ1n) is 8.82. The Morgan fingerprint density at radius 1 is 0.950 bits per heavy atom. The SMILES string of the molecule is CCO[Si](C)(OC(C)(C)C1CCC1)C1CCCCCC1. The van der Waals surface area contributed by atoms with Crippen LogP contribution in [0, 0.1) is 5.92 Å². The number of hydrogen-bond acceptors (Lipinski definition) is 2. The Labute approximate surface area is 126 Å². The predicted molar refractivity (Wildman–Crippen MR) is 87.2 cm³/mol. The van der Waals surface area contributed by atoms with Gasteiger partial charge >= 0.3 is 8.56 Å². The number of rotatable bonds is 6. The van der Waals surface area contributed by atoms with Gasteiger partial charge in [0, 0.05) is 12.1 Å². The molecular weight excluding hydrogens is 264 g/mol. The average molecular weight is 299 g/mol. The minimum absolute atomic E-state index is 0.0146. The van der Waals surface area contributed by atoms with E-state index in [0.29, 0.717) is 5.54 Å². The molecule has 0 aliphatic heterocycles. The molecule has 2 rings (SSSR count). The maximum Gasteiger partial charge on any atom is 0.338 e. The largest absolute Gasteiger partial charge is 0.394 e. The second-order valence-electron chi connectivity index (χ2n) is 7.47. The first-order chi connectivity index (χ1) is 9.48. The third-order valence-electron chi connectivity index (χ3n) is 5.58. The topological polar surface area (TPSA) is 18.5 Å². The van der Waals surface area contributed by atoms with Crippen LogP contribution in [0.15, 0.2) is 0 Å². The highest BCUT2D eigenvalue weighted by Crippen LogP contribution is 2.44. The van der Waals surface area contributed by atoms with Crippen molar-refractivity contribution in [2.75, 3.05) is 6.61 Å². The maximum absolute atomic E-state index is 6.78. The van der Waals surface area contributed by atoms with Gasteiger partial charge in [-0.1, -0.05) is 32.1 Å². The van der Waals surface area contributed by atoms with Crippen LogP contribution in [0.3, 0.4) is 0 Å². The summed E-state index contributed by atoms with van der Waals surface area (Å²) in [5.74, 6) is 0.751. The fourth-order valence-corrected chi connectivity index (χ4v) is 7.73. The smallest absolute Gasteiger partial charge is 0.338 e. The molecule has 1 unspecified atom stereocenters. The van der Waals surface area contributed by atoms with Crippen molar-refractivity contribution in [3.8, 4) is 0 Å². The molecular formula is C17H34O2Si. The van der Waals surface area contributed by atoms with Gasteiger partial charge in [-0.15, -0.1) is 0 Å². The lowest BCUT2D eigenvalue weighted by Crippen LogP contribution is -2.53. The highest BCUT2D eigenvalue weighted by Gasteiger charge is 2.47. The summed E-state index contributed by atoms with van der Waals surface area (Å²) in [7, 11) is -2.06. The molecule has 0 bridgehead atoms. The summed E-state index contributed by atoms with van der Waals surface area (Å²) < 4.78 is 13.1. The molecule has 2 aliphatic carbocycles. The van der Waals surface area contributed by atoms with E-state index in [1.165, 1.54) is 57.8 Å². The molecule has 0 aromatic heterocycles. The Hall–Kier alpha value is 0.137. The molecule has 0 spiro atoms. The molecule has 20 heavy (non-hydrogen) atoms. The van der Waals surface area contributed by atoms with Crippen molar-refractivity contribution < 1.29 is 8.85 Å². The van der Waals surface area contributed by atoms with Gasteiger partial charge in [-0.05, 0) is 58.9 Å².